The summed E-state index contributed by atoms with van der Waals surface area (Å²) in [6.45, 7) is 4.67. The quantitative estimate of drug-likeness (QED) is 0.892. The lowest BCUT2D eigenvalue weighted by Gasteiger charge is -2.24. The van der Waals surface area contributed by atoms with Gasteiger partial charge in [-0.15, -0.1) is 0 Å². The minimum absolute atomic E-state index is 0.0224. The highest BCUT2D eigenvalue weighted by Crippen LogP contribution is 2.19. The molecule has 1 amide bonds. The zero-order valence-corrected chi connectivity index (χ0v) is 14.3. The van der Waals surface area contributed by atoms with Crippen molar-refractivity contribution >= 4 is 5.91 Å². The van der Waals surface area contributed by atoms with Crippen molar-refractivity contribution in [3.8, 4) is 0 Å². The molecule has 0 saturated carbocycles. The number of rotatable bonds is 6. The molecule has 4 heteroatoms. The highest BCUT2D eigenvalue weighted by Gasteiger charge is 2.22. The van der Waals surface area contributed by atoms with E-state index in [2.05, 4.69) is 16.4 Å². The minimum Gasteiger partial charge on any atom is -0.354 e. The second-order valence-corrected chi connectivity index (χ2v) is 6.09. The molecular weight excluding hydrogens is 286 g/mol. The van der Waals surface area contributed by atoms with Gasteiger partial charge >= 0.3 is 0 Å². The molecule has 1 aromatic heterocycles. The molecule has 0 aliphatic carbocycles. The van der Waals surface area contributed by atoms with E-state index in [1.165, 1.54) is 0 Å². The Morgan fingerprint density at radius 1 is 1.22 bits per heavy atom. The number of aryl methyl sites for hydroxylation is 2. The van der Waals surface area contributed by atoms with Crippen LogP contribution in [0.5, 0.6) is 0 Å². The van der Waals surface area contributed by atoms with Crippen molar-refractivity contribution in [2.45, 2.75) is 26.3 Å². The second-order valence-electron chi connectivity index (χ2n) is 6.09. The first-order valence-corrected chi connectivity index (χ1v) is 7.90. The smallest absolute Gasteiger partial charge is 0.241 e. The Bertz CT molecular complexity index is 667. The highest BCUT2D eigenvalue weighted by molar-refractivity contribution is 5.83. The van der Waals surface area contributed by atoms with Crippen molar-refractivity contribution in [2.24, 2.45) is 0 Å². The maximum atomic E-state index is 12.6. The van der Waals surface area contributed by atoms with Crippen LogP contribution in [0.3, 0.4) is 0 Å². The summed E-state index contributed by atoms with van der Waals surface area (Å²) in [7, 11) is 3.85. The number of aromatic nitrogens is 1. The predicted octanol–water partition coefficient (Wildman–Crippen LogP) is 2.66. The van der Waals surface area contributed by atoms with Crippen LogP contribution in [0.4, 0.5) is 0 Å². The number of hydrogen-bond donors (Lipinski definition) is 1. The van der Waals surface area contributed by atoms with Crippen molar-refractivity contribution in [2.75, 3.05) is 20.6 Å². The first-order chi connectivity index (χ1) is 11.0. The first kappa shape index (κ1) is 17.2. The Morgan fingerprint density at radius 3 is 2.65 bits per heavy atom. The third-order valence-electron chi connectivity index (χ3n) is 3.90. The lowest BCUT2D eigenvalue weighted by Crippen LogP contribution is -2.38. The number of benzene rings is 1. The summed E-state index contributed by atoms with van der Waals surface area (Å²) in [5, 5.41) is 3.04. The summed E-state index contributed by atoms with van der Waals surface area (Å²) in [6.07, 6.45) is 2.53. The molecule has 2 rings (SSSR count). The number of amides is 1. The third-order valence-corrected chi connectivity index (χ3v) is 3.90. The highest BCUT2D eigenvalue weighted by atomic mass is 16.2. The predicted molar refractivity (Wildman–Crippen MR) is 93.3 cm³/mol. The molecule has 0 radical (unpaired) electrons. The largest absolute Gasteiger partial charge is 0.354 e. The molecule has 4 nitrogen and oxygen atoms in total. The normalized spacial score (nSPS) is 12.2. The molecule has 1 aromatic carbocycles. The van der Waals surface area contributed by atoms with Crippen LogP contribution in [-0.4, -0.2) is 36.4 Å². The standard InChI is InChI=1S/C19H25N3O/c1-14-7-5-9-16(13-14)18(22(3)4)19(23)21-12-10-17-15(2)8-6-11-20-17/h5-9,11,13,18H,10,12H2,1-4H3,(H,21,23)/t18-/m0/s1. The maximum absolute atomic E-state index is 12.6. The molecule has 0 aliphatic heterocycles. The molecule has 2 aromatic rings. The average Bonchev–Trinajstić information content (AvgIpc) is 2.49. The fraction of sp³-hybridized carbons (Fsp3) is 0.368. The van der Waals surface area contributed by atoms with E-state index in [1.807, 2.05) is 63.2 Å². The van der Waals surface area contributed by atoms with Gasteiger partial charge in [0.1, 0.15) is 6.04 Å². The van der Waals surface area contributed by atoms with E-state index in [4.69, 9.17) is 0 Å². The van der Waals surface area contributed by atoms with E-state index in [-0.39, 0.29) is 11.9 Å². The zero-order chi connectivity index (χ0) is 16.8. The van der Waals surface area contributed by atoms with E-state index in [0.717, 1.165) is 28.8 Å². The Labute approximate surface area is 138 Å². The Kier molecular flexibility index (Phi) is 5.88. The molecule has 23 heavy (non-hydrogen) atoms. The van der Waals surface area contributed by atoms with E-state index in [0.29, 0.717) is 6.54 Å². The van der Waals surface area contributed by atoms with Crippen LogP contribution in [0.15, 0.2) is 42.6 Å². The Balaban J connectivity index is 2.01. The SMILES string of the molecule is Cc1cccc([C@@H](C(=O)NCCc2ncccc2C)N(C)C)c1. The van der Waals surface area contributed by atoms with Crippen molar-refractivity contribution in [3.05, 3.63) is 65.0 Å². The number of likely N-dealkylation sites (N-methyl/N-ethyl adjacent to an activating group) is 1. The third kappa shape index (κ3) is 4.63. The maximum Gasteiger partial charge on any atom is 0.241 e. The van der Waals surface area contributed by atoms with E-state index >= 15 is 0 Å². The van der Waals surface area contributed by atoms with Crippen LogP contribution >= 0.6 is 0 Å². The summed E-state index contributed by atoms with van der Waals surface area (Å²) >= 11 is 0. The van der Waals surface area contributed by atoms with Crippen molar-refractivity contribution in [1.29, 1.82) is 0 Å². The summed E-state index contributed by atoms with van der Waals surface area (Å²) < 4.78 is 0. The fourth-order valence-electron chi connectivity index (χ4n) is 2.71. The van der Waals surface area contributed by atoms with Gasteiger partial charge < -0.3 is 5.32 Å². The first-order valence-electron chi connectivity index (χ1n) is 7.90. The van der Waals surface area contributed by atoms with Gasteiger partial charge in [-0.3, -0.25) is 14.7 Å². The van der Waals surface area contributed by atoms with Crippen LogP contribution < -0.4 is 5.32 Å². The van der Waals surface area contributed by atoms with Gasteiger partial charge in [0.15, 0.2) is 0 Å². The van der Waals surface area contributed by atoms with Gasteiger partial charge in [-0.05, 0) is 45.1 Å². The van der Waals surface area contributed by atoms with Crippen molar-refractivity contribution < 1.29 is 4.79 Å². The molecule has 1 heterocycles. The van der Waals surface area contributed by atoms with Crippen LogP contribution in [0.25, 0.3) is 0 Å². The van der Waals surface area contributed by atoms with Crippen molar-refractivity contribution in [1.82, 2.24) is 15.2 Å². The second kappa shape index (κ2) is 7.88. The molecule has 1 N–H and O–H groups in total. The van der Waals surface area contributed by atoms with E-state index < -0.39 is 0 Å². The molecule has 0 fully saturated rings. The van der Waals surface area contributed by atoms with Crippen molar-refractivity contribution in [3.63, 3.8) is 0 Å². The fourth-order valence-corrected chi connectivity index (χ4v) is 2.71. The monoisotopic (exact) mass is 311 g/mol. The number of pyridine rings is 1. The summed E-state index contributed by atoms with van der Waals surface area (Å²) in [5.74, 6) is 0.0224. The zero-order valence-electron chi connectivity index (χ0n) is 14.3. The lowest BCUT2D eigenvalue weighted by molar-refractivity contribution is -0.125. The van der Waals surface area contributed by atoms with E-state index in [9.17, 15) is 4.79 Å². The van der Waals surface area contributed by atoms with Crippen LogP contribution in [-0.2, 0) is 11.2 Å². The topological polar surface area (TPSA) is 45.2 Å². The number of hydrogen-bond acceptors (Lipinski definition) is 3. The number of nitrogens with zero attached hydrogens (tertiary/aromatic N) is 2. The van der Waals surface area contributed by atoms with Gasteiger partial charge in [-0.25, -0.2) is 0 Å². The van der Waals surface area contributed by atoms with Crippen LogP contribution in [0.2, 0.25) is 0 Å². The molecule has 0 saturated heterocycles. The van der Waals surface area contributed by atoms with Gasteiger partial charge in [0.05, 0.1) is 0 Å². The molecule has 0 unspecified atom stereocenters. The Morgan fingerprint density at radius 2 is 2.00 bits per heavy atom. The summed E-state index contributed by atoms with van der Waals surface area (Å²) in [6, 6.07) is 11.8. The molecule has 0 bridgehead atoms. The van der Waals surface area contributed by atoms with Gasteiger partial charge in [-0.2, -0.15) is 0 Å². The summed E-state index contributed by atoms with van der Waals surface area (Å²) in [4.78, 5) is 18.9. The minimum atomic E-state index is -0.278. The lowest BCUT2D eigenvalue weighted by atomic mass is 10.0. The summed E-state index contributed by atoms with van der Waals surface area (Å²) in [5.41, 5.74) is 4.36. The molecular formula is C19H25N3O. The average molecular weight is 311 g/mol. The van der Waals surface area contributed by atoms with Gasteiger partial charge in [0, 0.05) is 24.9 Å². The number of nitrogens with one attached hydrogen (secondary N) is 1. The van der Waals surface area contributed by atoms with Gasteiger partial charge in [0.2, 0.25) is 5.91 Å². The molecule has 1 atom stereocenters. The van der Waals surface area contributed by atoms with Gasteiger partial charge in [0.25, 0.3) is 0 Å². The molecule has 122 valence electrons. The van der Waals surface area contributed by atoms with Gasteiger partial charge in [-0.1, -0.05) is 35.9 Å². The van der Waals surface area contributed by atoms with Crippen LogP contribution in [0.1, 0.15) is 28.4 Å². The molecule has 0 aliphatic rings. The Hall–Kier alpha value is -2.20. The number of carbonyl (C=O) groups is 1. The number of carbonyl (C=O) groups excluding carboxylic acids is 1. The van der Waals surface area contributed by atoms with Crippen LogP contribution in [0, 0.1) is 13.8 Å². The van der Waals surface area contributed by atoms with E-state index in [1.54, 1.807) is 6.20 Å². The molecule has 0 spiro atoms.